The number of benzene rings is 1. The number of halogens is 1. The van der Waals surface area contributed by atoms with Gasteiger partial charge in [0.1, 0.15) is 11.9 Å². The molecule has 3 rings (SSSR count). The number of aromatic nitrogens is 1. The molecule has 1 fully saturated rings. The van der Waals surface area contributed by atoms with E-state index in [-0.39, 0.29) is 18.0 Å². The average Bonchev–Trinajstić information content (AvgIpc) is 2.66. The Kier molecular flexibility index (Phi) is 6.40. The van der Waals surface area contributed by atoms with E-state index < -0.39 is 0 Å². The van der Waals surface area contributed by atoms with Gasteiger partial charge >= 0.3 is 0 Å². The van der Waals surface area contributed by atoms with E-state index in [1.54, 1.807) is 19.2 Å². The normalized spacial score (nSPS) is 20.6. The molecule has 2 atom stereocenters. The Balaban J connectivity index is 1.62. The minimum absolute atomic E-state index is 0.0646. The van der Waals surface area contributed by atoms with E-state index in [2.05, 4.69) is 40.1 Å². The van der Waals surface area contributed by atoms with Gasteiger partial charge in [0, 0.05) is 32.5 Å². The minimum Gasteiger partial charge on any atom is -0.367 e. The van der Waals surface area contributed by atoms with E-state index in [0.29, 0.717) is 6.54 Å². The highest BCUT2D eigenvalue weighted by molar-refractivity contribution is 5.80. The van der Waals surface area contributed by atoms with Gasteiger partial charge in [0.25, 0.3) is 0 Å². The first-order valence-electron chi connectivity index (χ1n) is 9.33. The first kappa shape index (κ1) is 19.3. The van der Waals surface area contributed by atoms with E-state index in [9.17, 15) is 4.39 Å². The highest BCUT2D eigenvalue weighted by atomic mass is 19.1. The summed E-state index contributed by atoms with van der Waals surface area (Å²) in [5, 5.41) is 3.46. The van der Waals surface area contributed by atoms with Crippen molar-refractivity contribution in [2.24, 2.45) is 4.99 Å². The minimum atomic E-state index is -0.233. The van der Waals surface area contributed by atoms with E-state index in [0.717, 1.165) is 31.0 Å². The molecule has 1 aliphatic rings. The monoisotopic (exact) mass is 370 g/mol. The number of rotatable bonds is 4. The molecule has 1 aliphatic heterocycles. The summed E-state index contributed by atoms with van der Waals surface area (Å²) in [6.45, 7) is 6.38. The van der Waals surface area contributed by atoms with Crippen molar-refractivity contribution in [3.8, 4) is 0 Å². The highest BCUT2D eigenvalue weighted by Crippen LogP contribution is 2.25. The van der Waals surface area contributed by atoms with Gasteiger partial charge in [0.05, 0.1) is 12.6 Å². The number of hydrogen-bond donors (Lipinski definition) is 1. The Hall–Kier alpha value is -2.47. The number of pyridine rings is 1. The van der Waals surface area contributed by atoms with Crippen LogP contribution in [-0.4, -0.2) is 48.6 Å². The fourth-order valence-corrected chi connectivity index (χ4v) is 3.41. The molecule has 0 saturated carbocycles. The Labute approximate surface area is 160 Å². The molecule has 144 valence electrons. The molecule has 1 N–H and O–H groups in total. The molecular formula is C21H27FN4O. The second-order valence-corrected chi connectivity index (χ2v) is 6.92. The lowest BCUT2D eigenvalue weighted by Crippen LogP contribution is -2.51. The van der Waals surface area contributed by atoms with Crippen LogP contribution in [0.1, 0.15) is 29.7 Å². The summed E-state index contributed by atoms with van der Waals surface area (Å²) in [7, 11) is 1.80. The van der Waals surface area contributed by atoms with Gasteiger partial charge in [-0.2, -0.15) is 0 Å². The van der Waals surface area contributed by atoms with Crippen LogP contribution in [0.4, 0.5) is 4.39 Å². The predicted octanol–water partition coefficient (Wildman–Crippen LogP) is 3.11. The van der Waals surface area contributed by atoms with Crippen molar-refractivity contribution in [3.05, 3.63) is 65.2 Å². The maximum atomic E-state index is 13.2. The van der Waals surface area contributed by atoms with Crippen LogP contribution < -0.4 is 5.32 Å². The predicted molar refractivity (Wildman–Crippen MR) is 105 cm³/mol. The zero-order chi connectivity index (χ0) is 19.2. The maximum absolute atomic E-state index is 13.2. The van der Waals surface area contributed by atoms with Crippen LogP contribution in [0.5, 0.6) is 0 Å². The van der Waals surface area contributed by atoms with Crippen molar-refractivity contribution < 1.29 is 9.13 Å². The van der Waals surface area contributed by atoms with E-state index in [1.807, 2.05) is 12.4 Å². The number of aliphatic imine (C=N–C) groups is 1. The summed E-state index contributed by atoms with van der Waals surface area (Å²) in [6, 6.07) is 8.59. The zero-order valence-electron chi connectivity index (χ0n) is 16.2. The molecule has 2 unspecified atom stereocenters. The average molecular weight is 370 g/mol. The van der Waals surface area contributed by atoms with Crippen molar-refractivity contribution in [2.45, 2.75) is 32.5 Å². The van der Waals surface area contributed by atoms with Gasteiger partial charge in [-0.3, -0.25) is 9.98 Å². The number of ether oxygens (including phenoxy) is 1. The maximum Gasteiger partial charge on any atom is 0.193 e. The van der Waals surface area contributed by atoms with Gasteiger partial charge in [-0.25, -0.2) is 4.39 Å². The van der Waals surface area contributed by atoms with Crippen LogP contribution in [0.25, 0.3) is 0 Å². The summed E-state index contributed by atoms with van der Waals surface area (Å²) in [6.07, 6.45) is 4.59. The number of guanidine groups is 1. The molecule has 0 bridgehead atoms. The Bertz CT molecular complexity index is 778. The summed E-state index contributed by atoms with van der Waals surface area (Å²) in [5.41, 5.74) is 3.47. The Morgan fingerprint density at radius 3 is 2.78 bits per heavy atom. The Morgan fingerprint density at radius 2 is 2.07 bits per heavy atom. The van der Waals surface area contributed by atoms with Crippen molar-refractivity contribution in [1.29, 1.82) is 0 Å². The van der Waals surface area contributed by atoms with Gasteiger partial charge in [-0.1, -0.05) is 12.1 Å². The lowest BCUT2D eigenvalue weighted by atomic mass is 10.1. The van der Waals surface area contributed by atoms with Crippen LogP contribution in [-0.2, 0) is 11.2 Å². The summed E-state index contributed by atoms with van der Waals surface area (Å²) < 4.78 is 19.3. The molecular weight excluding hydrogens is 343 g/mol. The second-order valence-electron chi connectivity index (χ2n) is 6.92. The molecule has 1 aromatic heterocycles. The van der Waals surface area contributed by atoms with Gasteiger partial charge in [-0.05, 0) is 55.2 Å². The topological polar surface area (TPSA) is 49.8 Å². The molecule has 6 heteroatoms. The molecule has 27 heavy (non-hydrogen) atoms. The highest BCUT2D eigenvalue weighted by Gasteiger charge is 2.28. The number of aryl methyl sites for hydroxylation is 1. The number of morpholine rings is 1. The first-order chi connectivity index (χ1) is 13.1. The van der Waals surface area contributed by atoms with Crippen LogP contribution >= 0.6 is 0 Å². The lowest BCUT2D eigenvalue weighted by molar-refractivity contribution is -0.0604. The third-order valence-corrected chi connectivity index (χ3v) is 4.83. The Morgan fingerprint density at radius 1 is 1.30 bits per heavy atom. The van der Waals surface area contributed by atoms with E-state index in [1.165, 1.54) is 23.3 Å². The van der Waals surface area contributed by atoms with Gasteiger partial charge in [0.15, 0.2) is 5.96 Å². The van der Waals surface area contributed by atoms with Crippen LogP contribution in [0.15, 0.2) is 47.7 Å². The molecule has 1 saturated heterocycles. The number of hydrogen-bond acceptors (Lipinski definition) is 3. The summed E-state index contributed by atoms with van der Waals surface area (Å²) >= 11 is 0. The third kappa shape index (κ3) is 5.04. The molecule has 5 nitrogen and oxygen atoms in total. The first-order valence-corrected chi connectivity index (χ1v) is 9.33. The molecule has 0 aliphatic carbocycles. The van der Waals surface area contributed by atoms with Gasteiger partial charge in [-0.15, -0.1) is 0 Å². The van der Waals surface area contributed by atoms with Crippen LogP contribution in [0.2, 0.25) is 0 Å². The van der Waals surface area contributed by atoms with Crippen LogP contribution in [0, 0.1) is 12.7 Å². The molecule has 1 aromatic carbocycles. The molecule has 2 aromatic rings. The fraction of sp³-hybridized carbons (Fsp3) is 0.429. The van der Waals surface area contributed by atoms with Crippen molar-refractivity contribution in [2.75, 3.05) is 26.7 Å². The molecule has 0 amide bonds. The van der Waals surface area contributed by atoms with Crippen molar-refractivity contribution >= 4 is 5.96 Å². The van der Waals surface area contributed by atoms with Gasteiger partial charge in [0.2, 0.25) is 0 Å². The number of nitrogens with one attached hydrogen (secondary N) is 1. The van der Waals surface area contributed by atoms with Crippen LogP contribution in [0.3, 0.4) is 0 Å². The SMILES string of the molecule is CN=C(NCCc1ccncc1C)N1CC(C)OC(c2ccc(F)cc2)C1. The van der Waals surface area contributed by atoms with Gasteiger partial charge < -0.3 is 15.0 Å². The van der Waals surface area contributed by atoms with E-state index >= 15 is 0 Å². The molecule has 0 spiro atoms. The van der Waals surface area contributed by atoms with E-state index in [4.69, 9.17) is 4.74 Å². The summed E-state index contributed by atoms with van der Waals surface area (Å²) in [4.78, 5) is 10.8. The van der Waals surface area contributed by atoms with Crippen molar-refractivity contribution in [1.82, 2.24) is 15.2 Å². The third-order valence-electron chi connectivity index (χ3n) is 4.83. The largest absolute Gasteiger partial charge is 0.367 e. The fourth-order valence-electron chi connectivity index (χ4n) is 3.41. The quantitative estimate of drug-likeness (QED) is 0.664. The second kappa shape index (κ2) is 8.95. The van der Waals surface area contributed by atoms with Crippen molar-refractivity contribution in [3.63, 3.8) is 0 Å². The molecule has 2 heterocycles. The standard InChI is InChI=1S/C21H27FN4O/c1-15-12-24-10-8-17(15)9-11-25-21(23-3)26-13-16(2)27-20(14-26)18-4-6-19(22)7-5-18/h4-8,10,12,16,20H,9,11,13-14H2,1-3H3,(H,23,25). The smallest absolute Gasteiger partial charge is 0.193 e. The lowest BCUT2D eigenvalue weighted by Gasteiger charge is -2.38. The summed E-state index contributed by atoms with van der Waals surface area (Å²) in [5.74, 6) is 0.632. The zero-order valence-corrected chi connectivity index (χ0v) is 16.2. The number of nitrogens with zero attached hydrogens (tertiary/aromatic N) is 3. The molecule has 0 radical (unpaired) electrons.